The van der Waals surface area contributed by atoms with Crippen molar-refractivity contribution in [3.8, 4) is 0 Å². The predicted molar refractivity (Wildman–Crippen MR) is 118 cm³/mol. The molecule has 176 valence electrons. The molecule has 1 aromatic rings. The Morgan fingerprint density at radius 2 is 1.81 bits per heavy atom. The normalized spacial score (nSPS) is 22.9. The third-order valence-corrected chi connectivity index (χ3v) is 8.57. The lowest BCUT2D eigenvalue weighted by Gasteiger charge is -2.32. The lowest BCUT2D eigenvalue weighted by Crippen LogP contribution is -2.46. The smallest absolute Gasteiger partial charge is 0.309 e. The average Bonchev–Trinajstić information content (AvgIpc) is 2.82. The molecule has 3 aliphatic rings. The zero-order chi connectivity index (χ0) is 22.7. The van der Waals surface area contributed by atoms with Gasteiger partial charge in [-0.2, -0.15) is 4.31 Å². The molecule has 0 spiro atoms. The molecular weight excluding hydrogens is 432 g/mol. The number of amides is 1. The van der Waals surface area contributed by atoms with Gasteiger partial charge in [-0.05, 0) is 68.7 Å². The number of piperidine rings is 1. The van der Waals surface area contributed by atoms with E-state index in [4.69, 9.17) is 9.47 Å². The van der Waals surface area contributed by atoms with Crippen LogP contribution in [-0.4, -0.2) is 75.0 Å². The van der Waals surface area contributed by atoms with Crippen LogP contribution >= 0.6 is 0 Å². The fourth-order valence-corrected chi connectivity index (χ4v) is 6.26. The summed E-state index contributed by atoms with van der Waals surface area (Å²) >= 11 is 0. The lowest BCUT2D eigenvalue weighted by atomic mass is 9.92. The molecule has 1 aromatic carbocycles. The maximum atomic E-state index is 13.1. The molecule has 0 aromatic heterocycles. The molecule has 0 radical (unpaired) electrons. The van der Waals surface area contributed by atoms with E-state index in [-0.39, 0.29) is 37.6 Å². The molecule has 2 fully saturated rings. The molecule has 0 bridgehead atoms. The van der Waals surface area contributed by atoms with Crippen LogP contribution in [0.2, 0.25) is 0 Å². The number of aryl methyl sites for hydroxylation is 2. The van der Waals surface area contributed by atoms with E-state index in [0.29, 0.717) is 37.4 Å². The first kappa shape index (κ1) is 23.2. The van der Waals surface area contributed by atoms with Crippen molar-refractivity contribution in [1.29, 1.82) is 0 Å². The van der Waals surface area contributed by atoms with Crippen molar-refractivity contribution >= 4 is 21.9 Å². The summed E-state index contributed by atoms with van der Waals surface area (Å²) in [5, 5.41) is 0. The van der Waals surface area contributed by atoms with Gasteiger partial charge < -0.3 is 14.4 Å². The molecule has 1 atom stereocenters. The number of ether oxygens (including phenoxy) is 2. The second-order valence-corrected chi connectivity index (χ2v) is 10.9. The van der Waals surface area contributed by atoms with Crippen molar-refractivity contribution in [2.75, 3.05) is 39.4 Å². The summed E-state index contributed by atoms with van der Waals surface area (Å²) in [6.07, 6.45) is 4.95. The number of morpholine rings is 1. The molecule has 4 rings (SSSR count). The Morgan fingerprint density at radius 3 is 2.53 bits per heavy atom. The molecule has 1 amide bonds. The highest BCUT2D eigenvalue weighted by Gasteiger charge is 2.33. The van der Waals surface area contributed by atoms with Crippen molar-refractivity contribution in [2.45, 2.75) is 56.4 Å². The van der Waals surface area contributed by atoms with Crippen molar-refractivity contribution in [3.63, 3.8) is 0 Å². The van der Waals surface area contributed by atoms with E-state index < -0.39 is 16.0 Å². The second kappa shape index (κ2) is 9.89. The van der Waals surface area contributed by atoms with Crippen molar-refractivity contribution in [3.05, 3.63) is 29.3 Å². The number of carbonyl (C=O) groups is 2. The van der Waals surface area contributed by atoms with Crippen LogP contribution in [0, 0.1) is 5.92 Å². The maximum absolute atomic E-state index is 13.1. The molecule has 0 saturated carbocycles. The summed E-state index contributed by atoms with van der Waals surface area (Å²) < 4.78 is 38.4. The molecular formula is C23H32N2O6S. The highest BCUT2D eigenvalue weighted by molar-refractivity contribution is 7.89. The van der Waals surface area contributed by atoms with Crippen LogP contribution < -0.4 is 0 Å². The summed E-state index contributed by atoms with van der Waals surface area (Å²) in [6, 6.07) is 5.47. The Labute approximate surface area is 189 Å². The van der Waals surface area contributed by atoms with Crippen LogP contribution in [0.3, 0.4) is 0 Å². The van der Waals surface area contributed by atoms with Crippen LogP contribution in [0.25, 0.3) is 0 Å². The first-order valence-electron chi connectivity index (χ1n) is 11.5. The highest BCUT2D eigenvalue weighted by Crippen LogP contribution is 2.28. The number of hydrogen-bond donors (Lipinski definition) is 0. The first-order chi connectivity index (χ1) is 15.3. The Morgan fingerprint density at radius 1 is 1.09 bits per heavy atom. The van der Waals surface area contributed by atoms with E-state index in [9.17, 15) is 18.0 Å². The number of hydrogen-bond acceptors (Lipinski definition) is 6. The molecule has 8 nitrogen and oxygen atoms in total. The molecule has 1 aliphatic carbocycles. The monoisotopic (exact) mass is 464 g/mol. The third kappa shape index (κ3) is 5.15. The Balaban J connectivity index is 1.28. The number of nitrogens with zero attached hydrogens (tertiary/aromatic N) is 2. The fourth-order valence-electron chi connectivity index (χ4n) is 4.74. The van der Waals surface area contributed by atoms with E-state index in [1.54, 1.807) is 11.0 Å². The van der Waals surface area contributed by atoms with Gasteiger partial charge in [0.15, 0.2) is 6.61 Å². The Hall–Kier alpha value is -1.97. The van der Waals surface area contributed by atoms with Crippen LogP contribution in [0.5, 0.6) is 0 Å². The van der Waals surface area contributed by atoms with Crippen molar-refractivity contribution in [2.24, 2.45) is 5.92 Å². The second-order valence-electron chi connectivity index (χ2n) is 8.94. The van der Waals surface area contributed by atoms with E-state index >= 15 is 0 Å². The maximum Gasteiger partial charge on any atom is 0.309 e. The van der Waals surface area contributed by atoms with E-state index in [1.165, 1.54) is 9.87 Å². The van der Waals surface area contributed by atoms with Gasteiger partial charge in [0.25, 0.3) is 5.91 Å². The van der Waals surface area contributed by atoms with Crippen molar-refractivity contribution < 1.29 is 27.5 Å². The van der Waals surface area contributed by atoms with Crippen LogP contribution in [-0.2, 0) is 41.9 Å². The average molecular weight is 465 g/mol. The zero-order valence-corrected chi connectivity index (χ0v) is 19.4. The Kier molecular flexibility index (Phi) is 7.17. The summed E-state index contributed by atoms with van der Waals surface area (Å²) in [7, 11) is -3.58. The van der Waals surface area contributed by atoms with Gasteiger partial charge in [-0.25, -0.2) is 8.42 Å². The van der Waals surface area contributed by atoms with Gasteiger partial charge in [0.05, 0.1) is 23.5 Å². The van der Waals surface area contributed by atoms with Gasteiger partial charge in [-0.1, -0.05) is 6.07 Å². The predicted octanol–water partition coefficient (Wildman–Crippen LogP) is 1.76. The number of fused-ring (bicyclic) bond motifs is 1. The lowest BCUT2D eigenvalue weighted by molar-refractivity contribution is -0.158. The number of carbonyl (C=O) groups excluding carboxylic acids is 2. The summed E-state index contributed by atoms with van der Waals surface area (Å²) in [5.41, 5.74) is 2.38. The molecule has 0 N–H and O–H groups in total. The minimum atomic E-state index is -3.58. The molecule has 2 heterocycles. The third-order valence-electron chi connectivity index (χ3n) is 6.68. The van der Waals surface area contributed by atoms with E-state index in [0.717, 1.165) is 31.2 Å². The fraction of sp³-hybridized carbons (Fsp3) is 0.652. The molecule has 32 heavy (non-hydrogen) atoms. The summed E-state index contributed by atoms with van der Waals surface area (Å²) in [4.78, 5) is 26.7. The quantitative estimate of drug-likeness (QED) is 0.617. The van der Waals surface area contributed by atoms with Gasteiger partial charge >= 0.3 is 5.97 Å². The molecule has 2 saturated heterocycles. The van der Waals surface area contributed by atoms with Crippen LogP contribution in [0.15, 0.2) is 23.1 Å². The van der Waals surface area contributed by atoms with Gasteiger partial charge in [0.1, 0.15) is 0 Å². The first-order valence-corrected chi connectivity index (χ1v) is 13.0. The number of sulfonamides is 1. The molecule has 1 unspecified atom stereocenters. The Bertz CT molecular complexity index is 955. The minimum absolute atomic E-state index is 0.0233. The van der Waals surface area contributed by atoms with Gasteiger partial charge in [-0.15, -0.1) is 0 Å². The van der Waals surface area contributed by atoms with Crippen LogP contribution in [0.1, 0.15) is 43.7 Å². The minimum Gasteiger partial charge on any atom is -0.455 e. The van der Waals surface area contributed by atoms with E-state index in [2.05, 4.69) is 0 Å². The number of esters is 1. The molecule has 9 heteroatoms. The molecule has 2 aliphatic heterocycles. The number of benzene rings is 1. The SMILES string of the molecule is CC1CN(C(=O)COC(=O)C2CCN(S(=O)(=O)c3ccc4c(c3)CCCC4)CC2)CCO1. The topological polar surface area (TPSA) is 93.2 Å². The van der Waals surface area contributed by atoms with Gasteiger partial charge in [-0.3, -0.25) is 9.59 Å². The standard InChI is InChI=1S/C23H32N2O6S/c1-17-15-24(12-13-30-17)22(26)16-31-23(27)19-8-10-25(11-9-19)32(28,29)21-7-6-18-4-2-3-5-20(18)14-21/h6-7,14,17,19H,2-5,8-13,15-16H2,1H3. The zero-order valence-electron chi connectivity index (χ0n) is 18.6. The number of rotatable bonds is 5. The van der Waals surface area contributed by atoms with Crippen LogP contribution in [0.4, 0.5) is 0 Å². The summed E-state index contributed by atoms with van der Waals surface area (Å²) in [5.74, 6) is -1.03. The van der Waals surface area contributed by atoms with E-state index in [1.807, 2.05) is 19.1 Å². The largest absolute Gasteiger partial charge is 0.455 e. The van der Waals surface area contributed by atoms with Crippen molar-refractivity contribution in [1.82, 2.24) is 9.21 Å². The van der Waals surface area contributed by atoms with Gasteiger partial charge in [0, 0.05) is 26.2 Å². The van der Waals surface area contributed by atoms with Gasteiger partial charge in [0.2, 0.25) is 10.0 Å². The summed E-state index contributed by atoms with van der Waals surface area (Å²) in [6.45, 7) is 3.64. The highest BCUT2D eigenvalue weighted by atomic mass is 32.2.